The summed E-state index contributed by atoms with van der Waals surface area (Å²) in [6.45, 7) is 0.322. The van der Waals surface area contributed by atoms with E-state index in [0.29, 0.717) is 18.1 Å². The van der Waals surface area contributed by atoms with Crippen LogP contribution in [-0.4, -0.2) is 15.7 Å². The van der Waals surface area contributed by atoms with Gasteiger partial charge in [0.25, 0.3) is 0 Å². The highest BCUT2D eigenvalue weighted by atomic mass is 16.5. The van der Waals surface area contributed by atoms with Gasteiger partial charge < -0.3 is 9.14 Å². The van der Waals surface area contributed by atoms with Gasteiger partial charge in [0.05, 0.1) is 5.52 Å². The topological polar surface area (TPSA) is 43.6 Å². The van der Waals surface area contributed by atoms with Crippen LogP contribution in [0.4, 0.5) is 0 Å². The number of pyridine rings is 1. The maximum atomic E-state index is 11.0. The molecule has 0 fully saturated rings. The van der Waals surface area contributed by atoms with Crippen molar-refractivity contribution in [1.29, 1.82) is 0 Å². The number of imidazole rings is 1. The van der Waals surface area contributed by atoms with E-state index in [9.17, 15) is 4.79 Å². The molecular formula is C15H12N2O2. The van der Waals surface area contributed by atoms with Gasteiger partial charge in [0, 0.05) is 6.20 Å². The van der Waals surface area contributed by atoms with Crippen LogP contribution in [0.3, 0.4) is 0 Å². The minimum Gasteiger partial charge on any atom is -0.486 e. The van der Waals surface area contributed by atoms with Crippen LogP contribution in [-0.2, 0) is 6.61 Å². The molecule has 0 saturated heterocycles. The van der Waals surface area contributed by atoms with Crippen molar-refractivity contribution >= 4 is 11.8 Å². The Hall–Kier alpha value is -2.62. The van der Waals surface area contributed by atoms with Crippen molar-refractivity contribution in [2.24, 2.45) is 0 Å². The van der Waals surface area contributed by atoms with Gasteiger partial charge in [-0.2, -0.15) is 0 Å². The molecule has 2 heterocycles. The van der Waals surface area contributed by atoms with E-state index in [0.717, 1.165) is 17.6 Å². The number of para-hydroxylation sites is 1. The molecule has 2 aromatic heterocycles. The zero-order valence-corrected chi connectivity index (χ0v) is 10.2. The second-order valence-electron chi connectivity index (χ2n) is 4.09. The molecule has 1 aromatic carbocycles. The molecule has 0 atom stereocenters. The van der Waals surface area contributed by atoms with Crippen LogP contribution in [0.1, 0.15) is 16.3 Å². The molecule has 0 saturated carbocycles. The molecule has 0 aliphatic heterocycles. The first-order valence-electron chi connectivity index (χ1n) is 5.97. The van der Waals surface area contributed by atoms with Crippen molar-refractivity contribution in [1.82, 2.24) is 9.38 Å². The highest BCUT2D eigenvalue weighted by Gasteiger charge is 2.09. The van der Waals surface area contributed by atoms with E-state index in [1.54, 1.807) is 0 Å². The van der Waals surface area contributed by atoms with Crippen LogP contribution >= 0.6 is 0 Å². The highest BCUT2D eigenvalue weighted by Crippen LogP contribution is 2.14. The minimum atomic E-state index is 0.322. The van der Waals surface area contributed by atoms with Crippen LogP contribution in [0.15, 0.2) is 54.7 Å². The van der Waals surface area contributed by atoms with E-state index in [2.05, 4.69) is 4.98 Å². The van der Waals surface area contributed by atoms with Crippen molar-refractivity contribution in [3.05, 3.63) is 66.2 Å². The van der Waals surface area contributed by atoms with Crippen LogP contribution in [0.5, 0.6) is 5.75 Å². The van der Waals surface area contributed by atoms with Crippen molar-refractivity contribution in [2.45, 2.75) is 6.61 Å². The molecule has 4 heteroatoms. The number of nitrogens with zero attached hydrogens (tertiary/aromatic N) is 2. The predicted octanol–water partition coefficient (Wildman–Crippen LogP) is 2.73. The van der Waals surface area contributed by atoms with E-state index >= 15 is 0 Å². The standard InChI is InChI=1S/C15H12N2O2/c18-10-13-14-8-4-5-9-17(14)15(16-13)11-19-12-6-2-1-3-7-12/h1-10H,11H2. The number of benzene rings is 1. The molecule has 0 N–H and O–H groups in total. The lowest BCUT2D eigenvalue weighted by atomic mass is 10.3. The number of carbonyl (C=O) groups is 1. The monoisotopic (exact) mass is 252 g/mol. The van der Waals surface area contributed by atoms with Gasteiger partial charge in [-0.25, -0.2) is 4.98 Å². The smallest absolute Gasteiger partial charge is 0.170 e. The minimum absolute atomic E-state index is 0.322. The molecule has 0 unspecified atom stereocenters. The maximum Gasteiger partial charge on any atom is 0.170 e. The Balaban J connectivity index is 1.91. The fraction of sp³-hybridized carbons (Fsp3) is 0.0667. The van der Waals surface area contributed by atoms with Crippen molar-refractivity contribution in [3.8, 4) is 5.75 Å². The van der Waals surface area contributed by atoms with Crippen molar-refractivity contribution in [3.63, 3.8) is 0 Å². The van der Waals surface area contributed by atoms with E-state index in [-0.39, 0.29) is 0 Å². The molecule has 0 aliphatic carbocycles. The third-order valence-corrected chi connectivity index (χ3v) is 2.87. The van der Waals surface area contributed by atoms with Crippen LogP contribution < -0.4 is 4.74 Å². The number of rotatable bonds is 4. The Labute approximate surface area is 110 Å². The third kappa shape index (κ3) is 2.20. The Morgan fingerprint density at radius 3 is 2.68 bits per heavy atom. The van der Waals surface area contributed by atoms with E-state index < -0.39 is 0 Å². The normalized spacial score (nSPS) is 10.5. The summed E-state index contributed by atoms with van der Waals surface area (Å²) in [6, 6.07) is 15.2. The molecule has 3 rings (SSSR count). The first-order chi connectivity index (χ1) is 9.38. The number of aldehydes is 1. The summed E-state index contributed by atoms with van der Waals surface area (Å²) in [5.74, 6) is 1.49. The van der Waals surface area contributed by atoms with Crippen LogP contribution in [0.2, 0.25) is 0 Å². The summed E-state index contributed by atoms with van der Waals surface area (Å²) in [6.07, 6.45) is 2.64. The lowest BCUT2D eigenvalue weighted by Crippen LogP contribution is -2.00. The summed E-state index contributed by atoms with van der Waals surface area (Å²) >= 11 is 0. The quantitative estimate of drug-likeness (QED) is 0.670. The summed E-state index contributed by atoms with van der Waals surface area (Å²) in [7, 11) is 0. The predicted molar refractivity (Wildman–Crippen MR) is 71.4 cm³/mol. The van der Waals surface area contributed by atoms with Crippen molar-refractivity contribution < 1.29 is 9.53 Å². The Kier molecular flexibility index (Phi) is 2.98. The molecule has 0 amide bonds. The second kappa shape index (κ2) is 4.94. The largest absolute Gasteiger partial charge is 0.486 e. The van der Waals surface area contributed by atoms with E-state index in [1.165, 1.54) is 0 Å². The first kappa shape index (κ1) is 11.5. The van der Waals surface area contributed by atoms with Gasteiger partial charge in [0.2, 0.25) is 0 Å². The van der Waals surface area contributed by atoms with Gasteiger partial charge in [-0.15, -0.1) is 0 Å². The Bertz CT molecular complexity index is 704. The molecule has 4 nitrogen and oxygen atoms in total. The van der Waals surface area contributed by atoms with Gasteiger partial charge in [0.15, 0.2) is 12.1 Å². The van der Waals surface area contributed by atoms with Gasteiger partial charge in [0.1, 0.15) is 18.1 Å². The number of fused-ring (bicyclic) bond motifs is 1. The summed E-state index contributed by atoms with van der Waals surface area (Å²) in [5, 5.41) is 0. The summed E-state index contributed by atoms with van der Waals surface area (Å²) in [4.78, 5) is 15.3. The van der Waals surface area contributed by atoms with Crippen molar-refractivity contribution in [2.75, 3.05) is 0 Å². The number of hydrogen-bond donors (Lipinski definition) is 0. The number of hydrogen-bond acceptors (Lipinski definition) is 3. The van der Waals surface area contributed by atoms with E-state index in [4.69, 9.17) is 4.74 Å². The van der Waals surface area contributed by atoms with Gasteiger partial charge >= 0.3 is 0 Å². The molecule has 19 heavy (non-hydrogen) atoms. The molecule has 0 aliphatic rings. The average molecular weight is 252 g/mol. The number of carbonyl (C=O) groups excluding carboxylic acids is 1. The molecular weight excluding hydrogens is 240 g/mol. The molecule has 94 valence electrons. The highest BCUT2D eigenvalue weighted by molar-refractivity contribution is 5.83. The molecule has 0 radical (unpaired) electrons. The number of ether oxygens (including phenoxy) is 1. The molecule has 0 bridgehead atoms. The first-order valence-corrected chi connectivity index (χ1v) is 5.97. The van der Waals surface area contributed by atoms with E-state index in [1.807, 2.05) is 59.1 Å². The average Bonchev–Trinajstić information content (AvgIpc) is 2.84. The van der Waals surface area contributed by atoms with Crippen LogP contribution in [0.25, 0.3) is 5.52 Å². The molecule has 0 spiro atoms. The lowest BCUT2D eigenvalue weighted by molar-refractivity contribution is 0.112. The summed E-state index contributed by atoms with van der Waals surface area (Å²) < 4.78 is 7.53. The SMILES string of the molecule is O=Cc1nc(COc2ccccc2)n2ccccc12. The Morgan fingerprint density at radius 1 is 1.11 bits per heavy atom. The summed E-state index contributed by atoms with van der Waals surface area (Å²) in [5.41, 5.74) is 1.23. The second-order valence-corrected chi connectivity index (χ2v) is 4.09. The van der Waals surface area contributed by atoms with Gasteiger partial charge in [-0.1, -0.05) is 24.3 Å². The fourth-order valence-electron chi connectivity index (χ4n) is 1.98. The zero-order valence-electron chi connectivity index (χ0n) is 10.2. The molecule has 3 aromatic rings. The number of aromatic nitrogens is 2. The zero-order chi connectivity index (χ0) is 13.1. The van der Waals surface area contributed by atoms with Gasteiger partial charge in [-0.05, 0) is 24.3 Å². The maximum absolute atomic E-state index is 11.0. The van der Waals surface area contributed by atoms with Gasteiger partial charge in [-0.3, -0.25) is 4.79 Å². The third-order valence-electron chi connectivity index (χ3n) is 2.87. The fourth-order valence-corrected chi connectivity index (χ4v) is 1.98. The van der Waals surface area contributed by atoms with Crippen LogP contribution in [0, 0.1) is 0 Å². The lowest BCUT2D eigenvalue weighted by Gasteiger charge is -2.04. The Morgan fingerprint density at radius 2 is 1.89 bits per heavy atom.